The molecule has 0 saturated heterocycles. The lowest BCUT2D eigenvalue weighted by Gasteiger charge is -2.03. The molecule has 0 fully saturated rings. The van der Waals surface area contributed by atoms with E-state index in [1.54, 1.807) is 12.3 Å². The van der Waals surface area contributed by atoms with E-state index < -0.39 is 0 Å². The van der Waals surface area contributed by atoms with Crippen molar-refractivity contribution < 1.29 is 4.79 Å². The Hall–Kier alpha value is -2.50. The maximum Gasteiger partial charge on any atom is 0.277 e. The van der Waals surface area contributed by atoms with E-state index in [1.807, 2.05) is 13.0 Å². The SMILES string of the molecule is Cc1ccc(NC(=O)c2ccc(N)nn2)nc1. The van der Waals surface area contributed by atoms with Gasteiger partial charge in [0.05, 0.1) is 0 Å². The maximum absolute atomic E-state index is 11.7. The lowest BCUT2D eigenvalue weighted by Crippen LogP contribution is -2.15. The predicted octanol–water partition coefficient (Wildman–Crippen LogP) is 1.01. The van der Waals surface area contributed by atoms with E-state index in [1.165, 1.54) is 12.1 Å². The van der Waals surface area contributed by atoms with Crippen LogP contribution in [0.2, 0.25) is 0 Å². The number of hydrogen-bond acceptors (Lipinski definition) is 5. The Morgan fingerprint density at radius 1 is 1.24 bits per heavy atom. The molecule has 2 aromatic rings. The lowest BCUT2D eigenvalue weighted by molar-refractivity contribution is 0.102. The average Bonchev–Trinajstić information content (AvgIpc) is 2.33. The van der Waals surface area contributed by atoms with Crippen LogP contribution in [0.15, 0.2) is 30.5 Å². The van der Waals surface area contributed by atoms with E-state index in [2.05, 4.69) is 20.5 Å². The number of rotatable bonds is 2. The number of aromatic nitrogens is 3. The maximum atomic E-state index is 11.7. The highest BCUT2D eigenvalue weighted by atomic mass is 16.2. The van der Waals surface area contributed by atoms with Crippen molar-refractivity contribution in [3.05, 3.63) is 41.7 Å². The Kier molecular flexibility index (Phi) is 2.95. The summed E-state index contributed by atoms with van der Waals surface area (Å²) in [5, 5.41) is 9.89. The van der Waals surface area contributed by atoms with E-state index in [4.69, 9.17) is 5.73 Å². The average molecular weight is 229 g/mol. The highest BCUT2D eigenvalue weighted by Crippen LogP contribution is 2.06. The van der Waals surface area contributed by atoms with Crippen LogP contribution in [0.1, 0.15) is 16.1 Å². The van der Waals surface area contributed by atoms with E-state index in [0.29, 0.717) is 5.82 Å². The number of hydrogen-bond donors (Lipinski definition) is 2. The van der Waals surface area contributed by atoms with Crippen LogP contribution >= 0.6 is 0 Å². The molecule has 0 radical (unpaired) electrons. The molecular formula is C11H11N5O. The Labute approximate surface area is 97.9 Å². The third-order valence-corrected chi connectivity index (χ3v) is 2.07. The normalized spacial score (nSPS) is 9.94. The Bertz CT molecular complexity index is 521. The van der Waals surface area contributed by atoms with Crippen molar-refractivity contribution in [3.8, 4) is 0 Å². The highest BCUT2D eigenvalue weighted by Gasteiger charge is 2.08. The second kappa shape index (κ2) is 4.56. The lowest BCUT2D eigenvalue weighted by atomic mass is 10.3. The van der Waals surface area contributed by atoms with Crippen molar-refractivity contribution in [1.29, 1.82) is 0 Å². The first-order valence-electron chi connectivity index (χ1n) is 4.98. The third kappa shape index (κ3) is 2.75. The molecule has 2 heterocycles. The van der Waals surface area contributed by atoms with E-state index in [0.717, 1.165) is 5.56 Å². The van der Waals surface area contributed by atoms with Gasteiger partial charge >= 0.3 is 0 Å². The van der Waals surface area contributed by atoms with Gasteiger partial charge in [-0.3, -0.25) is 4.79 Å². The van der Waals surface area contributed by atoms with Gasteiger partial charge in [-0.2, -0.15) is 0 Å². The first-order chi connectivity index (χ1) is 8.15. The molecule has 17 heavy (non-hydrogen) atoms. The summed E-state index contributed by atoms with van der Waals surface area (Å²) < 4.78 is 0. The highest BCUT2D eigenvalue weighted by molar-refractivity contribution is 6.02. The topological polar surface area (TPSA) is 93.8 Å². The molecule has 0 atom stereocenters. The number of carbonyl (C=O) groups excluding carboxylic acids is 1. The molecule has 86 valence electrons. The van der Waals surface area contributed by atoms with Crippen molar-refractivity contribution in [2.75, 3.05) is 11.1 Å². The minimum Gasteiger partial charge on any atom is -0.382 e. The number of anilines is 2. The van der Waals surface area contributed by atoms with E-state index >= 15 is 0 Å². The first kappa shape index (κ1) is 11.0. The number of amides is 1. The molecule has 6 nitrogen and oxygen atoms in total. The minimum absolute atomic E-state index is 0.196. The fraction of sp³-hybridized carbons (Fsp3) is 0.0909. The number of carbonyl (C=O) groups is 1. The van der Waals surface area contributed by atoms with Crippen molar-refractivity contribution in [1.82, 2.24) is 15.2 Å². The minimum atomic E-state index is -0.367. The second-order valence-corrected chi connectivity index (χ2v) is 3.52. The molecule has 2 rings (SSSR count). The van der Waals surface area contributed by atoms with Gasteiger partial charge in [0.2, 0.25) is 0 Å². The molecule has 0 bridgehead atoms. The summed E-state index contributed by atoms with van der Waals surface area (Å²) in [4.78, 5) is 15.8. The van der Waals surface area contributed by atoms with Gasteiger partial charge in [-0.25, -0.2) is 4.98 Å². The zero-order valence-corrected chi connectivity index (χ0v) is 9.21. The number of nitrogens with one attached hydrogen (secondary N) is 1. The Balaban J connectivity index is 2.11. The second-order valence-electron chi connectivity index (χ2n) is 3.52. The van der Waals surface area contributed by atoms with Crippen LogP contribution in [0.4, 0.5) is 11.6 Å². The van der Waals surface area contributed by atoms with Gasteiger partial charge in [-0.15, -0.1) is 10.2 Å². The molecule has 6 heteroatoms. The summed E-state index contributed by atoms with van der Waals surface area (Å²) in [7, 11) is 0. The fourth-order valence-corrected chi connectivity index (χ4v) is 1.19. The van der Waals surface area contributed by atoms with Crippen molar-refractivity contribution >= 4 is 17.5 Å². The van der Waals surface area contributed by atoms with Gasteiger partial charge in [-0.1, -0.05) is 6.07 Å². The molecule has 1 amide bonds. The summed E-state index contributed by atoms with van der Waals surface area (Å²) in [6.07, 6.45) is 1.67. The van der Waals surface area contributed by atoms with Crippen LogP contribution in [0.25, 0.3) is 0 Å². The number of nitrogens with two attached hydrogens (primary N) is 1. The molecular weight excluding hydrogens is 218 g/mol. The Morgan fingerprint density at radius 2 is 2.06 bits per heavy atom. The quantitative estimate of drug-likeness (QED) is 0.801. The van der Waals surface area contributed by atoms with Gasteiger partial charge < -0.3 is 11.1 Å². The van der Waals surface area contributed by atoms with Gasteiger partial charge in [0.15, 0.2) is 5.69 Å². The first-order valence-corrected chi connectivity index (χ1v) is 4.98. The van der Waals surface area contributed by atoms with E-state index in [-0.39, 0.29) is 17.4 Å². The molecule has 0 aromatic carbocycles. The monoisotopic (exact) mass is 229 g/mol. The molecule has 0 spiro atoms. The zero-order chi connectivity index (χ0) is 12.3. The third-order valence-electron chi connectivity index (χ3n) is 2.07. The smallest absolute Gasteiger partial charge is 0.277 e. The molecule has 0 saturated carbocycles. The van der Waals surface area contributed by atoms with Gasteiger partial charge in [0.1, 0.15) is 11.6 Å². The number of nitrogens with zero attached hydrogens (tertiary/aromatic N) is 3. The summed E-state index contributed by atoms with van der Waals surface area (Å²) in [6.45, 7) is 1.92. The summed E-state index contributed by atoms with van der Waals surface area (Å²) in [6, 6.07) is 6.60. The number of nitrogen functional groups attached to an aromatic ring is 1. The standard InChI is InChI=1S/C11H11N5O/c1-7-2-5-10(13-6-7)14-11(17)8-3-4-9(12)16-15-8/h2-6H,1H3,(H2,12,16)(H,13,14,17). The van der Waals surface area contributed by atoms with Gasteiger partial charge in [0.25, 0.3) is 5.91 Å². The van der Waals surface area contributed by atoms with Crippen LogP contribution in [0.5, 0.6) is 0 Å². The van der Waals surface area contributed by atoms with Crippen LogP contribution in [0, 0.1) is 6.92 Å². The summed E-state index contributed by atoms with van der Waals surface area (Å²) in [5.74, 6) is 0.378. The molecule has 0 unspecified atom stereocenters. The van der Waals surface area contributed by atoms with Crippen LogP contribution in [-0.4, -0.2) is 21.1 Å². The number of aryl methyl sites for hydroxylation is 1. The zero-order valence-electron chi connectivity index (χ0n) is 9.21. The summed E-state index contributed by atoms with van der Waals surface area (Å²) >= 11 is 0. The van der Waals surface area contributed by atoms with Crippen molar-refractivity contribution in [3.63, 3.8) is 0 Å². The summed E-state index contributed by atoms with van der Waals surface area (Å²) in [5.41, 5.74) is 6.60. The largest absolute Gasteiger partial charge is 0.382 e. The van der Waals surface area contributed by atoms with Gasteiger partial charge in [-0.05, 0) is 30.7 Å². The van der Waals surface area contributed by atoms with Gasteiger partial charge in [0, 0.05) is 6.20 Å². The van der Waals surface area contributed by atoms with Crippen LogP contribution in [0.3, 0.4) is 0 Å². The van der Waals surface area contributed by atoms with Crippen LogP contribution < -0.4 is 11.1 Å². The fourth-order valence-electron chi connectivity index (χ4n) is 1.19. The van der Waals surface area contributed by atoms with Crippen LogP contribution in [-0.2, 0) is 0 Å². The molecule has 0 aliphatic heterocycles. The molecule has 0 aliphatic carbocycles. The Morgan fingerprint density at radius 3 is 2.65 bits per heavy atom. The van der Waals surface area contributed by atoms with E-state index in [9.17, 15) is 4.79 Å². The molecule has 3 N–H and O–H groups in total. The van der Waals surface area contributed by atoms with Crippen molar-refractivity contribution in [2.24, 2.45) is 0 Å². The molecule has 2 aromatic heterocycles. The van der Waals surface area contributed by atoms with Crippen molar-refractivity contribution in [2.45, 2.75) is 6.92 Å². The predicted molar refractivity (Wildman–Crippen MR) is 63.4 cm³/mol. The molecule has 0 aliphatic rings. The number of pyridine rings is 1.